The number of imidazole rings is 1. The van der Waals surface area contributed by atoms with Gasteiger partial charge in [-0.1, -0.05) is 23.2 Å². The number of aromatic nitrogens is 2. The van der Waals surface area contributed by atoms with Crippen molar-refractivity contribution >= 4 is 46.5 Å². The smallest absolute Gasteiger partial charge is 0.252 e. The van der Waals surface area contributed by atoms with Crippen molar-refractivity contribution in [2.75, 3.05) is 5.32 Å². The summed E-state index contributed by atoms with van der Waals surface area (Å²) < 4.78 is 1.68. The molecule has 0 saturated carbocycles. The van der Waals surface area contributed by atoms with E-state index in [0.717, 1.165) is 0 Å². The summed E-state index contributed by atoms with van der Waals surface area (Å²) >= 11 is 11.8. The molecule has 1 aliphatic heterocycles. The number of primary amides is 1. The zero-order valence-corrected chi connectivity index (χ0v) is 14.1. The van der Waals surface area contributed by atoms with Crippen LogP contribution in [0.1, 0.15) is 10.4 Å². The van der Waals surface area contributed by atoms with E-state index in [2.05, 4.69) is 20.8 Å². The van der Waals surface area contributed by atoms with Gasteiger partial charge in [0.15, 0.2) is 5.84 Å². The monoisotopic (exact) mass is 378 g/mol. The number of hydrazone groups is 1. The fraction of sp³-hybridized carbons (Fsp3) is 0.0667. The Morgan fingerprint density at radius 1 is 1.28 bits per heavy atom. The van der Waals surface area contributed by atoms with E-state index in [1.54, 1.807) is 35.4 Å². The molecule has 1 aromatic heterocycles. The number of nitrogens with one attached hydrogen (secondary N) is 2. The Hall–Kier alpha value is -2.84. The van der Waals surface area contributed by atoms with Crippen LogP contribution >= 0.6 is 23.2 Å². The van der Waals surface area contributed by atoms with Gasteiger partial charge in [0.1, 0.15) is 12.4 Å². The molecule has 10 heteroatoms. The molecular formula is C15H12Cl2N6O2. The van der Waals surface area contributed by atoms with Crippen molar-refractivity contribution in [3.8, 4) is 0 Å². The second kappa shape index (κ2) is 6.96. The van der Waals surface area contributed by atoms with Crippen LogP contribution in [0, 0.1) is 0 Å². The molecule has 1 aliphatic rings. The van der Waals surface area contributed by atoms with Crippen LogP contribution < -0.4 is 16.5 Å². The first-order chi connectivity index (χ1) is 12.0. The lowest BCUT2D eigenvalue weighted by Gasteiger charge is -2.18. The van der Waals surface area contributed by atoms with Crippen LogP contribution in [0.15, 0.2) is 48.1 Å². The third kappa shape index (κ3) is 3.65. The molecule has 8 nitrogen and oxygen atoms in total. The lowest BCUT2D eigenvalue weighted by atomic mass is 10.1. The summed E-state index contributed by atoms with van der Waals surface area (Å²) in [6.45, 7) is 0. The number of amides is 2. The minimum absolute atomic E-state index is 0.0603. The number of carbonyl (C=O) groups is 2. The second-order valence-corrected chi connectivity index (χ2v) is 5.89. The lowest BCUT2D eigenvalue weighted by Crippen LogP contribution is -2.39. The van der Waals surface area contributed by atoms with Crippen LogP contribution in [0.5, 0.6) is 0 Å². The molecule has 2 heterocycles. The van der Waals surface area contributed by atoms with Crippen LogP contribution in [0.4, 0.5) is 5.69 Å². The number of nitrogens with zero attached hydrogens (tertiary/aromatic N) is 3. The van der Waals surface area contributed by atoms with Crippen LogP contribution in [0.3, 0.4) is 0 Å². The standard InChI is InChI=1S/C15H12Cl2N6O2/c16-9-5-8(14(18)24)12(6-10(9)17)20-15(25)11-1-2-13(22-21-11)23-4-3-19-7-23/h1-7,11,21H,(H2,18,24)(H,20,25). The van der Waals surface area contributed by atoms with Gasteiger partial charge < -0.3 is 11.1 Å². The van der Waals surface area contributed by atoms with Crippen molar-refractivity contribution in [1.29, 1.82) is 0 Å². The highest BCUT2D eigenvalue weighted by molar-refractivity contribution is 6.42. The molecule has 1 atom stereocenters. The number of rotatable bonds is 3. The summed E-state index contributed by atoms with van der Waals surface area (Å²) in [5.74, 6) is -0.596. The minimum Gasteiger partial charge on any atom is -0.366 e. The highest BCUT2D eigenvalue weighted by Crippen LogP contribution is 2.29. The van der Waals surface area contributed by atoms with Gasteiger partial charge in [-0.05, 0) is 24.3 Å². The largest absolute Gasteiger partial charge is 0.366 e. The molecule has 128 valence electrons. The van der Waals surface area contributed by atoms with E-state index in [1.807, 2.05) is 0 Å². The number of hydrogen-bond acceptors (Lipinski definition) is 5. The normalized spacial score (nSPS) is 16.1. The third-order valence-corrected chi connectivity index (χ3v) is 4.11. The molecule has 3 rings (SSSR count). The number of hydrogen-bond donors (Lipinski definition) is 3. The quantitative estimate of drug-likeness (QED) is 0.752. The fourth-order valence-electron chi connectivity index (χ4n) is 2.15. The lowest BCUT2D eigenvalue weighted by molar-refractivity contribution is -0.117. The van der Waals surface area contributed by atoms with Gasteiger partial charge in [0.25, 0.3) is 11.8 Å². The Bertz CT molecular complexity index is 892. The van der Waals surface area contributed by atoms with Gasteiger partial charge in [-0.2, -0.15) is 5.10 Å². The SMILES string of the molecule is NC(=O)c1cc(Cl)c(Cl)cc1NC(=O)C1C=CC(n2ccnc2)=NN1. The van der Waals surface area contributed by atoms with Gasteiger partial charge in [-0.3, -0.25) is 19.6 Å². The van der Waals surface area contributed by atoms with Crippen molar-refractivity contribution in [1.82, 2.24) is 15.0 Å². The van der Waals surface area contributed by atoms with Crippen LogP contribution in [-0.2, 0) is 4.79 Å². The van der Waals surface area contributed by atoms with Crippen molar-refractivity contribution < 1.29 is 9.59 Å². The highest BCUT2D eigenvalue weighted by atomic mass is 35.5. The zero-order chi connectivity index (χ0) is 18.0. The first-order valence-corrected chi connectivity index (χ1v) is 7.81. The van der Waals surface area contributed by atoms with E-state index in [4.69, 9.17) is 28.9 Å². The number of nitrogens with two attached hydrogens (primary N) is 1. The maximum absolute atomic E-state index is 12.4. The summed E-state index contributed by atoms with van der Waals surface area (Å²) in [7, 11) is 0. The van der Waals surface area contributed by atoms with Crippen molar-refractivity contribution in [2.24, 2.45) is 10.8 Å². The maximum atomic E-state index is 12.4. The summed E-state index contributed by atoms with van der Waals surface area (Å²) in [6.07, 6.45) is 8.22. The highest BCUT2D eigenvalue weighted by Gasteiger charge is 2.21. The second-order valence-electron chi connectivity index (χ2n) is 5.07. The molecule has 4 N–H and O–H groups in total. The van der Waals surface area contributed by atoms with Crippen molar-refractivity contribution in [3.05, 3.63) is 58.6 Å². The molecule has 25 heavy (non-hydrogen) atoms. The third-order valence-electron chi connectivity index (χ3n) is 3.39. The number of benzene rings is 1. The Morgan fingerprint density at radius 2 is 2.04 bits per heavy atom. The van der Waals surface area contributed by atoms with E-state index < -0.39 is 17.9 Å². The zero-order valence-electron chi connectivity index (χ0n) is 12.6. The fourth-order valence-corrected chi connectivity index (χ4v) is 2.47. The van der Waals surface area contributed by atoms with E-state index in [-0.39, 0.29) is 21.3 Å². The van der Waals surface area contributed by atoms with E-state index in [1.165, 1.54) is 12.1 Å². The summed E-state index contributed by atoms with van der Waals surface area (Å²) in [5, 5.41) is 7.06. The molecule has 0 aliphatic carbocycles. The summed E-state index contributed by atoms with van der Waals surface area (Å²) in [5.41, 5.74) is 8.26. The summed E-state index contributed by atoms with van der Waals surface area (Å²) in [6, 6.07) is 1.94. The Morgan fingerprint density at radius 3 is 2.64 bits per heavy atom. The Labute approximate surface area is 152 Å². The van der Waals surface area contributed by atoms with Crippen molar-refractivity contribution in [2.45, 2.75) is 6.04 Å². The molecule has 0 bridgehead atoms. The molecule has 0 spiro atoms. The van der Waals surface area contributed by atoms with Gasteiger partial charge in [0.05, 0.1) is 21.3 Å². The molecule has 1 unspecified atom stereocenters. The summed E-state index contributed by atoms with van der Waals surface area (Å²) in [4.78, 5) is 27.8. The maximum Gasteiger partial charge on any atom is 0.252 e. The molecular weight excluding hydrogens is 367 g/mol. The Kier molecular flexibility index (Phi) is 4.73. The molecule has 1 aromatic carbocycles. The van der Waals surface area contributed by atoms with Gasteiger partial charge >= 0.3 is 0 Å². The van der Waals surface area contributed by atoms with Gasteiger partial charge in [0.2, 0.25) is 0 Å². The first-order valence-electron chi connectivity index (χ1n) is 7.05. The average molecular weight is 379 g/mol. The molecule has 2 amide bonds. The average Bonchev–Trinajstić information content (AvgIpc) is 3.12. The number of anilines is 1. The molecule has 0 saturated heterocycles. The molecule has 0 radical (unpaired) electrons. The molecule has 0 fully saturated rings. The van der Waals surface area contributed by atoms with Gasteiger partial charge in [-0.15, -0.1) is 0 Å². The minimum atomic E-state index is -0.735. The molecule has 2 aromatic rings. The van der Waals surface area contributed by atoms with Crippen LogP contribution in [-0.4, -0.2) is 33.2 Å². The van der Waals surface area contributed by atoms with E-state index in [9.17, 15) is 9.59 Å². The number of allylic oxidation sites excluding steroid dienone is 1. The predicted molar refractivity (Wildman–Crippen MR) is 94.7 cm³/mol. The van der Waals surface area contributed by atoms with Crippen molar-refractivity contribution in [3.63, 3.8) is 0 Å². The van der Waals surface area contributed by atoms with E-state index >= 15 is 0 Å². The first kappa shape index (κ1) is 17.0. The predicted octanol–water partition coefficient (Wildman–Crippen LogP) is 1.62. The number of carbonyl (C=O) groups excluding carboxylic acids is 2. The Balaban J connectivity index is 1.75. The van der Waals surface area contributed by atoms with Crippen LogP contribution in [0.25, 0.3) is 0 Å². The van der Waals surface area contributed by atoms with Gasteiger partial charge in [-0.25, -0.2) is 4.98 Å². The van der Waals surface area contributed by atoms with Crippen LogP contribution in [0.2, 0.25) is 10.0 Å². The van der Waals surface area contributed by atoms with E-state index in [0.29, 0.717) is 5.84 Å². The topological polar surface area (TPSA) is 114 Å². The number of halogens is 2. The van der Waals surface area contributed by atoms with Gasteiger partial charge in [0, 0.05) is 12.4 Å².